The first kappa shape index (κ1) is 20.2. The smallest absolute Gasteiger partial charge is 0.493 e. The van der Waals surface area contributed by atoms with E-state index >= 15 is 0 Å². The van der Waals surface area contributed by atoms with Crippen molar-refractivity contribution in [1.29, 1.82) is 0 Å². The molecule has 0 bridgehead atoms. The number of phosphoric acid groups is 1. The Balaban J connectivity index is 2.02. The third-order valence-electron chi connectivity index (χ3n) is 3.90. The molecule has 3 rings (SSSR count). The SMILES string of the molecule is COc1cc(-c2nscc2-c2ccc(OP(=O)(O)O)cc2)cc(OC)c1OC. The van der Waals surface area contributed by atoms with Crippen LogP contribution in [0.2, 0.25) is 0 Å². The highest BCUT2D eigenvalue weighted by atomic mass is 32.1. The number of benzene rings is 2. The Kier molecular flexibility index (Phi) is 5.90. The first-order valence-electron chi connectivity index (χ1n) is 7.96. The summed E-state index contributed by atoms with van der Waals surface area (Å²) < 4.78 is 36.2. The zero-order chi connectivity index (χ0) is 20.3. The molecule has 0 spiro atoms. The Bertz CT molecular complexity index is 988. The molecule has 0 radical (unpaired) electrons. The minimum Gasteiger partial charge on any atom is -0.493 e. The van der Waals surface area contributed by atoms with Gasteiger partial charge in [-0.3, -0.25) is 9.79 Å². The van der Waals surface area contributed by atoms with Gasteiger partial charge < -0.3 is 18.7 Å². The van der Waals surface area contributed by atoms with Crippen molar-refractivity contribution in [3.8, 4) is 45.4 Å². The van der Waals surface area contributed by atoms with Gasteiger partial charge in [-0.15, -0.1) is 0 Å². The molecule has 1 aromatic heterocycles. The van der Waals surface area contributed by atoms with Crippen LogP contribution in [0.5, 0.6) is 23.0 Å². The van der Waals surface area contributed by atoms with Crippen molar-refractivity contribution in [2.45, 2.75) is 0 Å². The number of hydrogen-bond acceptors (Lipinski definition) is 7. The summed E-state index contributed by atoms with van der Waals surface area (Å²) in [6, 6.07) is 10.0. The predicted molar refractivity (Wildman–Crippen MR) is 105 cm³/mol. The van der Waals surface area contributed by atoms with Crippen LogP contribution in [0.1, 0.15) is 0 Å². The maximum absolute atomic E-state index is 11.0. The Labute approximate surface area is 165 Å². The maximum atomic E-state index is 11.0. The second-order valence-corrected chi connectivity index (χ2v) is 7.39. The van der Waals surface area contributed by atoms with E-state index in [0.717, 1.165) is 16.7 Å². The van der Waals surface area contributed by atoms with Crippen molar-refractivity contribution in [2.75, 3.05) is 21.3 Å². The summed E-state index contributed by atoms with van der Waals surface area (Å²) in [5, 5.41) is 1.89. The molecular formula is C18H18NO7PS. The highest BCUT2D eigenvalue weighted by Crippen LogP contribution is 2.44. The fourth-order valence-electron chi connectivity index (χ4n) is 2.70. The van der Waals surface area contributed by atoms with Crippen LogP contribution in [0, 0.1) is 0 Å². The molecular weight excluding hydrogens is 405 g/mol. The van der Waals surface area contributed by atoms with E-state index in [0.29, 0.717) is 22.9 Å². The minimum atomic E-state index is -4.60. The lowest BCUT2D eigenvalue weighted by Crippen LogP contribution is -1.96. The van der Waals surface area contributed by atoms with E-state index in [4.69, 9.17) is 24.0 Å². The van der Waals surface area contributed by atoms with E-state index in [9.17, 15) is 4.57 Å². The van der Waals surface area contributed by atoms with E-state index < -0.39 is 7.82 Å². The monoisotopic (exact) mass is 423 g/mol. The fraction of sp³-hybridized carbons (Fsp3) is 0.167. The van der Waals surface area contributed by atoms with Gasteiger partial charge in [0.25, 0.3) is 0 Å². The first-order chi connectivity index (χ1) is 13.4. The summed E-state index contributed by atoms with van der Waals surface area (Å²) in [6.45, 7) is 0. The van der Waals surface area contributed by atoms with Gasteiger partial charge in [0.1, 0.15) is 5.75 Å². The van der Waals surface area contributed by atoms with Crippen LogP contribution in [-0.4, -0.2) is 35.5 Å². The summed E-state index contributed by atoms with van der Waals surface area (Å²) in [5.74, 6) is 1.60. The topological polar surface area (TPSA) is 107 Å². The van der Waals surface area contributed by atoms with Crippen molar-refractivity contribution < 1.29 is 33.1 Å². The van der Waals surface area contributed by atoms with Gasteiger partial charge >= 0.3 is 7.82 Å². The minimum absolute atomic E-state index is 0.0783. The Hall–Kier alpha value is -2.58. The van der Waals surface area contributed by atoms with Crippen LogP contribution in [0.15, 0.2) is 41.8 Å². The van der Waals surface area contributed by atoms with Crippen molar-refractivity contribution in [1.82, 2.24) is 4.37 Å². The molecule has 2 N–H and O–H groups in total. The molecule has 8 nitrogen and oxygen atoms in total. The summed E-state index contributed by atoms with van der Waals surface area (Å²) >= 11 is 1.29. The summed E-state index contributed by atoms with van der Waals surface area (Å²) in [4.78, 5) is 17.8. The molecule has 0 atom stereocenters. The van der Waals surface area contributed by atoms with Gasteiger partial charge in [0, 0.05) is 16.5 Å². The standard InChI is InChI=1S/C18H18NO7PS/c1-23-15-8-12(9-16(24-2)18(15)25-3)17-14(10-28-19-17)11-4-6-13(7-5-11)26-27(20,21)22/h4-10H,1-3H3,(H2,20,21,22). The van der Waals surface area contributed by atoms with Crippen molar-refractivity contribution in [3.05, 3.63) is 41.8 Å². The second kappa shape index (κ2) is 8.20. The van der Waals surface area contributed by atoms with E-state index in [-0.39, 0.29) is 5.75 Å². The van der Waals surface area contributed by atoms with E-state index in [1.165, 1.54) is 30.8 Å². The number of rotatable bonds is 7. The third kappa shape index (κ3) is 4.28. The average Bonchev–Trinajstić information content (AvgIpc) is 3.15. The predicted octanol–water partition coefficient (Wildman–Crippen LogP) is 3.97. The zero-order valence-electron chi connectivity index (χ0n) is 15.3. The van der Waals surface area contributed by atoms with Gasteiger partial charge in [-0.05, 0) is 41.4 Å². The number of hydrogen-bond donors (Lipinski definition) is 2. The van der Waals surface area contributed by atoms with Gasteiger partial charge in [-0.25, -0.2) is 4.57 Å². The number of ether oxygens (including phenoxy) is 3. The molecule has 1 heterocycles. The van der Waals surface area contributed by atoms with Crippen LogP contribution in [0.3, 0.4) is 0 Å². The Morgan fingerprint density at radius 2 is 1.54 bits per heavy atom. The van der Waals surface area contributed by atoms with Crippen molar-refractivity contribution in [3.63, 3.8) is 0 Å². The highest BCUT2D eigenvalue weighted by Gasteiger charge is 2.19. The summed E-state index contributed by atoms with van der Waals surface area (Å²) in [5.41, 5.74) is 3.16. The normalized spacial score (nSPS) is 11.2. The Morgan fingerprint density at radius 1 is 0.929 bits per heavy atom. The molecule has 0 aliphatic carbocycles. The van der Waals surface area contributed by atoms with Crippen LogP contribution in [0.4, 0.5) is 0 Å². The number of aromatic nitrogens is 1. The van der Waals surface area contributed by atoms with Crippen LogP contribution in [0.25, 0.3) is 22.4 Å². The number of methoxy groups -OCH3 is 3. The summed E-state index contributed by atoms with van der Waals surface area (Å²) in [7, 11) is 0.0300. The fourth-order valence-corrected chi connectivity index (χ4v) is 3.81. The van der Waals surface area contributed by atoms with Gasteiger partial charge in [0.05, 0.1) is 27.0 Å². The maximum Gasteiger partial charge on any atom is 0.524 e. The molecule has 10 heteroatoms. The molecule has 3 aromatic rings. The van der Waals surface area contributed by atoms with Gasteiger partial charge in [-0.2, -0.15) is 4.37 Å². The van der Waals surface area contributed by atoms with E-state index in [1.807, 2.05) is 17.5 Å². The van der Waals surface area contributed by atoms with Crippen LogP contribution < -0.4 is 18.7 Å². The molecule has 0 saturated heterocycles. The molecule has 28 heavy (non-hydrogen) atoms. The molecule has 0 unspecified atom stereocenters. The van der Waals surface area contributed by atoms with Gasteiger partial charge in [0.15, 0.2) is 11.5 Å². The molecule has 148 valence electrons. The molecule has 0 aliphatic rings. The molecule has 0 amide bonds. The molecule has 0 aliphatic heterocycles. The second-order valence-electron chi connectivity index (χ2n) is 5.60. The van der Waals surface area contributed by atoms with E-state index in [1.54, 1.807) is 26.4 Å². The largest absolute Gasteiger partial charge is 0.524 e. The van der Waals surface area contributed by atoms with Crippen LogP contribution in [-0.2, 0) is 4.57 Å². The summed E-state index contributed by atoms with van der Waals surface area (Å²) in [6.07, 6.45) is 0. The van der Waals surface area contributed by atoms with E-state index in [2.05, 4.69) is 8.90 Å². The number of nitrogens with zero attached hydrogens (tertiary/aromatic N) is 1. The van der Waals surface area contributed by atoms with Gasteiger partial charge in [-0.1, -0.05) is 12.1 Å². The molecule has 2 aromatic carbocycles. The Morgan fingerprint density at radius 3 is 2.04 bits per heavy atom. The average molecular weight is 423 g/mol. The third-order valence-corrected chi connectivity index (χ3v) is 4.98. The van der Waals surface area contributed by atoms with Crippen LogP contribution >= 0.6 is 19.4 Å². The number of phosphoric ester groups is 1. The molecule has 0 saturated carbocycles. The quantitative estimate of drug-likeness (QED) is 0.550. The van der Waals surface area contributed by atoms with Gasteiger partial charge in [0.2, 0.25) is 5.75 Å². The molecule has 0 fully saturated rings. The lowest BCUT2D eigenvalue weighted by atomic mass is 10.0. The first-order valence-corrected chi connectivity index (χ1v) is 10.3. The van der Waals surface area contributed by atoms with Crippen molar-refractivity contribution >= 4 is 19.4 Å². The lowest BCUT2D eigenvalue weighted by molar-refractivity contribution is 0.283. The zero-order valence-corrected chi connectivity index (χ0v) is 17.0. The van der Waals surface area contributed by atoms with Crippen molar-refractivity contribution in [2.24, 2.45) is 0 Å². The highest BCUT2D eigenvalue weighted by molar-refractivity contribution is 7.46. The lowest BCUT2D eigenvalue weighted by Gasteiger charge is -2.14.